The lowest BCUT2D eigenvalue weighted by Gasteiger charge is -2.32. The van der Waals surface area contributed by atoms with E-state index >= 15 is 0 Å². The number of piperidine rings is 1. The molecule has 1 fully saturated rings. The van der Waals surface area contributed by atoms with Crippen molar-refractivity contribution >= 4 is 21.7 Å². The molecule has 0 spiro atoms. The maximum absolute atomic E-state index is 14.1. The van der Waals surface area contributed by atoms with Crippen LogP contribution in [0, 0.1) is 11.7 Å². The summed E-state index contributed by atoms with van der Waals surface area (Å²) >= 11 is 0. The minimum absolute atomic E-state index is 0.0616. The van der Waals surface area contributed by atoms with E-state index in [9.17, 15) is 22.4 Å². The standard InChI is InChI=1S/C21H26FN3O6S/c1-21(2,3)30-20(27)25-9-7-13(8-10-25)16(26)12-18-23-19(24-31-18)14-5-6-17(15(22)11-14)32(4,28)29/h5-6,11,13H,7-10,12H2,1-4H3. The highest BCUT2D eigenvalue weighted by Crippen LogP contribution is 2.24. The lowest BCUT2D eigenvalue weighted by molar-refractivity contribution is -0.124. The molecule has 0 N–H and O–H groups in total. The molecule has 0 aliphatic carbocycles. The fourth-order valence-electron chi connectivity index (χ4n) is 3.39. The first-order valence-electron chi connectivity index (χ1n) is 10.2. The van der Waals surface area contributed by atoms with Crippen LogP contribution in [0.4, 0.5) is 9.18 Å². The van der Waals surface area contributed by atoms with Gasteiger partial charge in [0, 0.05) is 30.8 Å². The second-order valence-electron chi connectivity index (χ2n) is 8.81. The Bertz CT molecular complexity index is 1110. The number of sulfone groups is 1. The van der Waals surface area contributed by atoms with Crippen molar-refractivity contribution < 1.29 is 31.7 Å². The maximum atomic E-state index is 14.1. The first-order chi connectivity index (χ1) is 14.8. The molecule has 1 aromatic heterocycles. The van der Waals surface area contributed by atoms with Crippen molar-refractivity contribution in [1.82, 2.24) is 15.0 Å². The summed E-state index contributed by atoms with van der Waals surface area (Å²) in [6.07, 6.45) is 1.47. The van der Waals surface area contributed by atoms with Crippen LogP contribution in [-0.2, 0) is 25.8 Å². The van der Waals surface area contributed by atoms with Gasteiger partial charge >= 0.3 is 6.09 Å². The summed E-state index contributed by atoms with van der Waals surface area (Å²) in [5.41, 5.74) is -0.337. The van der Waals surface area contributed by atoms with E-state index in [0.29, 0.717) is 25.9 Å². The normalized spacial score (nSPS) is 15.6. The van der Waals surface area contributed by atoms with Gasteiger partial charge < -0.3 is 14.2 Å². The molecule has 0 radical (unpaired) electrons. The Balaban J connectivity index is 1.59. The van der Waals surface area contributed by atoms with Crippen LogP contribution >= 0.6 is 0 Å². The third-order valence-electron chi connectivity index (χ3n) is 4.99. The van der Waals surface area contributed by atoms with E-state index in [4.69, 9.17) is 9.26 Å². The first-order valence-corrected chi connectivity index (χ1v) is 12.1. The van der Waals surface area contributed by atoms with Crippen LogP contribution in [0.25, 0.3) is 11.4 Å². The summed E-state index contributed by atoms with van der Waals surface area (Å²) in [6, 6.07) is 3.53. The van der Waals surface area contributed by atoms with Crippen molar-refractivity contribution in [2.24, 2.45) is 5.92 Å². The van der Waals surface area contributed by atoms with Crippen molar-refractivity contribution in [3.63, 3.8) is 0 Å². The number of ether oxygens (including phenoxy) is 1. The van der Waals surface area contributed by atoms with Crippen LogP contribution in [-0.4, -0.2) is 60.3 Å². The highest BCUT2D eigenvalue weighted by Gasteiger charge is 2.30. The molecular weight excluding hydrogens is 441 g/mol. The number of rotatable bonds is 5. The van der Waals surface area contributed by atoms with Gasteiger partial charge in [-0.1, -0.05) is 5.16 Å². The van der Waals surface area contributed by atoms with Gasteiger partial charge in [-0.15, -0.1) is 0 Å². The monoisotopic (exact) mass is 467 g/mol. The number of ketones is 1. The van der Waals surface area contributed by atoms with Crippen LogP contribution in [0.3, 0.4) is 0 Å². The lowest BCUT2D eigenvalue weighted by atomic mass is 9.91. The summed E-state index contributed by atoms with van der Waals surface area (Å²) in [5, 5.41) is 3.76. The van der Waals surface area contributed by atoms with Gasteiger partial charge in [0.15, 0.2) is 9.84 Å². The Kier molecular flexibility index (Phi) is 6.68. The maximum Gasteiger partial charge on any atom is 0.410 e. The Hall–Kier alpha value is -2.82. The van der Waals surface area contributed by atoms with Gasteiger partial charge in [0.25, 0.3) is 0 Å². The fraction of sp³-hybridized carbons (Fsp3) is 0.524. The third-order valence-corrected chi connectivity index (χ3v) is 6.12. The van der Waals surface area contributed by atoms with Crippen molar-refractivity contribution in [2.75, 3.05) is 19.3 Å². The minimum atomic E-state index is -3.69. The average Bonchev–Trinajstić information content (AvgIpc) is 3.14. The van der Waals surface area contributed by atoms with E-state index < -0.39 is 26.2 Å². The molecule has 0 saturated carbocycles. The van der Waals surface area contributed by atoms with Crippen LogP contribution in [0.15, 0.2) is 27.6 Å². The number of amides is 1. The molecule has 0 unspecified atom stereocenters. The SMILES string of the molecule is CC(C)(C)OC(=O)N1CCC(C(=O)Cc2nc(-c3ccc(S(C)(=O)=O)c(F)c3)no2)CC1. The number of hydrogen-bond acceptors (Lipinski definition) is 8. The van der Waals surface area contributed by atoms with Gasteiger partial charge in [-0.05, 0) is 51.8 Å². The number of benzene rings is 1. The molecule has 2 heterocycles. The number of hydrogen-bond donors (Lipinski definition) is 0. The molecular formula is C21H26FN3O6S. The Morgan fingerprint density at radius 3 is 2.47 bits per heavy atom. The Morgan fingerprint density at radius 2 is 1.91 bits per heavy atom. The topological polar surface area (TPSA) is 120 Å². The fourth-order valence-corrected chi connectivity index (χ4v) is 4.12. The van der Waals surface area contributed by atoms with Gasteiger partial charge in [0.1, 0.15) is 22.1 Å². The van der Waals surface area contributed by atoms with E-state index in [1.807, 2.05) is 0 Å². The van der Waals surface area contributed by atoms with Crippen LogP contribution < -0.4 is 0 Å². The molecule has 3 rings (SSSR count). The summed E-state index contributed by atoms with van der Waals surface area (Å²) in [6.45, 7) is 6.25. The number of halogens is 1. The second kappa shape index (κ2) is 8.97. The Labute approximate surface area is 185 Å². The van der Waals surface area contributed by atoms with Crippen LogP contribution in [0.5, 0.6) is 0 Å². The molecule has 1 aliphatic rings. The van der Waals surface area contributed by atoms with E-state index in [-0.39, 0.29) is 41.5 Å². The molecule has 11 heteroatoms. The van der Waals surface area contributed by atoms with Crippen LogP contribution in [0.1, 0.15) is 39.5 Å². The van der Waals surface area contributed by atoms with Crippen LogP contribution in [0.2, 0.25) is 0 Å². The summed E-state index contributed by atoms with van der Waals surface area (Å²) in [7, 11) is -3.69. The lowest BCUT2D eigenvalue weighted by Crippen LogP contribution is -2.43. The third kappa shape index (κ3) is 5.90. The number of carbonyl (C=O) groups is 2. The number of aromatic nitrogens is 2. The van der Waals surface area contributed by atoms with Crippen molar-refractivity contribution in [2.45, 2.75) is 50.5 Å². The van der Waals surface area contributed by atoms with Crippen molar-refractivity contribution in [1.29, 1.82) is 0 Å². The number of likely N-dealkylation sites (tertiary alicyclic amines) is 1. The molecule has 1 aliphatic heterocycles. The molecule has 32 heavy (non-hydrogen) atoms. The molecule has 174 valence electrons. The molecule has 1 aromatic carbocycles. The van der Waals surface area contributed by atoms with Gasteiger partial charge in [-0.25, -0.2) is 17.6 Å². The summed E-state index contributed by atoms with van der Waals surface area (Å²) in [5.74, 6) is -1.08. The van der Waals surface area contributed by atoms with Crippen molar-refractivity contribution in [3.05, 3.63) is 29.9 Å². The average molecular weight is 468 g/mol. The number of Topliss-reactive ketones (excluding diaryl/α,β-unsaturated/α-hetero) is 1. The zero-order valence-electron chi connectivity index (χ0n) is 18.4. The summed E-state index contributed by atoms with van der Waals surface area (Å²) < 4.78 is 47.7. The van der Waals surface area contributed by atoms with Gasteiger partial charge in [0.2, 0.25) is 11.7 Å². The van der Waals surface area contributed by atoms with Gasteiger partial charge in [0.05, 0.1) is 6.42 Å². The molecule has 1 amide bonds. The van der Waals surface area contributed by atoms with E-state index in [1.165, 1.54) is 6.07 Å². The van der Waals surface area contributed by atoms with Gasteiger partial charge in [-0.2, -0.15) is 4.98 Å². The zero-order chi connectivity index (χ0) is 23.7. The number of carbonyl (C=O) groups excluding carboxylic acids is 2. The van der Waals surface area contributed by atoms with E-state index in [1.54, 1.807) is 25.7 Å². The van der Waals surface area contributed by atoms with Crippen molar-refractivity contribution in [3.8, 4) is 11.4 Å². The largest absolute Gasteiger partial charge is 0.444 e. The molecule has 1 saturated heterocycles. The molecule has 2 aromatic rings. The highest BCUT2D eigenvalue weighted by molar-refractivity contribution is 7.90. The van der Waals surface area contributed by atoms with E-state index in [2.05, 4.69) is 10.1 Å². The predicted octanol–water partition coefficient (Wildman–Crippen LogP) is 3.04. The highest BCUT2D eigenvalue weighted by atomic mass is 32.2. The predicted molar refractivity (Wildman–Crippen MR) is 112 cm³/mol. The molecule has 0 atom stereocenters. The number of nitrogens with zero attached hydrogens (tertiary/aromatic N) is 3. The molecule has 0 bridgehead atoms. The van der Waals surface area contributed by atoms with Gasteiger partial charge in [-0.3, -0.25) is 4.79 Å². The Morgan fingerprint density at radius 1 is 1.25 bits per heavy atom. The minimum Gasteiger partial charge on any atom is -0.444 e. The summed E-state index contributed by atoms with van der Waals surface area (Å²) in [4.78, 5) is 30.1. The van der Waals surface area contributed by atoms with E-state index in [0.717, 1.165) is 18.4 Å². The molecule has 9 nitrogen and oxygen atoms in total. The first kappa shape index (κ1) is 23.8. The zero-order valence-corrected chi connectivity index (χ0v) is 19.2. The smallest absolute Gasteiger partial charge is 0.410 e. The second-order valence-corrected chi connectivity index (χ2v) is 10.8. The quantitative estimate of drug-likeness (QED) is 0.658.